The van der Waals surface area contributed by atoms with Crippen molar-refractivity contribution in [2.75, 3.05) is 33.4 Å². The molecular weight excluding hydrogens is 440 g/mol. The van der Waals surface area contributed by atoms with Crippen LogP contribution in [0.5, 0.6) is 11.5 Å². The molecule has 0 aliphatic carbocycles. The summed E-state index contributed by atoms with van der Waals surface area (Å²) in [7, 11) is -2.13. The van der Waals surface area contributed by atoms with E-state index in [1.165, 1.54) is 23.5 Å². The fraction of sp³-hybridized carbons (Fsp3) is 0.320. The van der Waals surface area contributed by atoms with Crippen LogP contribution in [0.3, 0.4) is 0 Å². The van der Waals surface area contributed by atoms with Gasteiger partial charge in [0, 0.05) is 13.1 Å². The SMILES string of the molecule is COc1ccc(S(=O)(=O)N2CCC[C@H](C(=O)NCCOc3ccc4ccccc4c3)C2)cc1. The van der Waals surface area contributed by atoms with Gasteiger partial charge in [-0.1, -0.05) is 30.3 Å². The normalized spacial score (nSPS) is 16.9. The third kappa shape index (κ3) is 5.46. The minimum atomic E-state index is -3.66. The molecule has 0 radical (unpaired) electrons. The molecule has 0 unspecified atom stereocenters. The predicted molar refractivity (Wildman–Crippen MR) is 127 cm³/mol. The third-order valence-corrected chi connectivity index (χ3v) is 7.72. The van der Waals surface area contributed by atoms with E-state index >= 15 is 0 Å². The van der Waals surface area contributed by atoms with E-state index in [1.807, 2.05) is 42.5 Å². The second-order valence-corrected chi connectivity index (χ2v) is 9.96. The molecule has 3 aromatic carbocycles. The summed E-state index contributed by atoms with van der Waals surface area (Å²) in [6, 6.07) is 20.2. The molecule has 174 valence electrons. The van der Waals surface area contributed by atoms with Crippen LogP contribution < -0.4 is 14.8 Å². The van der Waals surface area contributed by atoms with E-state index in [-0.39, 0.29) is 23.3 Å². The number of amides is 1. The van der Waals surface area contributed by atoms with Crippen molar-refractivity contribution in [3.05, 3.63) is 66.7 Å². The van der Waals surface area contributed by atoms with Gasteiger partial charge in [-0.3, -0.25) is 4.79 Å². The summed E-state index contributed by atoms with van der Waals surface area (Å²) in [4.78, 5) is 12.9. The van der Waals surface area contributed by atoms with Crippen molar-refractivity contribution in [3.63, 3.8) is 0 Å². The van der Waals surface area contributed by atoms with Gasteiger partial charge in [0.15, 0.2) is 0 Å². The summed E-state index contributed by atoms with van der Waals surface area (Å²) < 4.78 is 38.3. The molecule has 3 aromatic rings. The molecule has 0 aromatic heterocycles. The van der Waals surface area contributed by atoms with Gasteiger partial charge in [-0.15, -0.1) is 0 Å². The second-order valence-electron chi connectivity index (χ2n) is 8.03. The number of methoxy groups -OCH3 is 1. The van der Waals surface area contributed by atoms with Gasteiger partial charge in [-0.25, -0.2) is 8.42 Å². The number of rotatable bonds is 8. The molecule has 0 bridgehead atoms. The zero-order valence-corrected chi connectivity index (χ0v) is 19.4. The smallest absolute Gasteiger partial charge is 0.243 e. The van der Waals surface area contributed by atoms with Crippen LogP contribution in [0.15, 0.2) is 71.6 Å². The van der Waals surface area contributed by atoms with Gasteiger partial charge >= 0.3 is 0 Å². The number of nitrogens with one attached hydrogen (secondary N) is 1. The van der Waals surface area contributed by atoms with Gasteiger partial charge in [0.05, 0.1) is 24.5 Å². The summed E-state index contributed by atoms with van der Waals surface area (Å²) in [5, 5.41) is 5.12. The number of nitrogens with zero attached hydrogens (tertiary/aromatic N) is 1. The molecule has 33 heavy (non-hydrogen) atoms. The molecule has 1 atom stereocenters. The van der Waals surface area contributed by atoms with Crippen LogP contribution in [0.1, 0.15) is 12.8 Å². The molecule has 8 heteroatoms. The van der Waals surface area contributed by atoms with Crippen LogP contribution in [0.25, 0.3) is 10.8 Å². The van der Waals surface area contributed by atoms with Crippen LogP contribution in [0.4, 0.5) is 0 Å². The lowest BCUT2D eigenvalue weighted by molar-refractivity contribution is -0.126. The maximum Gasteiger partial charge on any atom is 0.243 e. The molecule has 1 aliphatic rings. The summed E-state index contributed by atoms with van der Waals surface area (Å²) in [5.74, 6) is 0.812. The van der Waals surface area contributed by atoms with Gasteiger partial charge in [-0.2, -0.15) is 4.31 Å². The summed E-state index contributed by atoms with van der Waals surface area (Å²) in [6.07, 6.45) is 1.30. The van der Waals surface area contributed by atoms with Gasteiger partial charge in [0.1, 0.15) is 18.1 Å². The molecule has 7 nitrogen and oxygen atoms in total. The van der Waals surface area contributed by atoms with Gasteiger partial charge in [-0.05, 0) is 60.0 Å². The number of hydrogen-bond donors (Lipinski definition) is 1. The Balaban J connectivity index is 1.29. The second kappa shape index (κ2) is 10.2. The average molecular weight is 469 g/mol. The van der Waals surface area contributed by atoms with Gasteiger partial charge in [0.25, 0.3) is 0 Å². The summed E-state index contributed by atoms with van der Waals surface area (Å²) >= 11 is 0. The van der Waals surface area contributed by atoms with E-state index in [9.17, 15) is 13.2 Å². The highest BCUT2D eigenvalue weighted by Crippen LogP contribution is 2.25. The maximum absolute atomic E-state index is 13.0. The van der Waals surface area contributed by atoms with Crippen molar-refractivity contribution in [1.29, 1.82) is 0 Å². The van der Waals surface area contributed by atoms with Crippen molar-refractivity contribution >= 4 is 26.7 Å². The fourth-order valence-electron chi connectivity index (χ4n) is 4.02. The van der Waals surface area contributed by atoms with Crippen LogP contribution >= 0.6 is 0 Å². The number of carbonyl (C=O) groups is 1. The molecule has 1 saturated heterocycles. The average Bonchev–Trinajstić information content (AvgIpc) is 2.86. The molecule has 1 amide bonds. The van der Waals surface area contributed by atoms with Crippen molar-refractivity contribution in [3.8, 4) is 11.5 Å². The molecule has 1 fully saturated rings. The number of fused-ring (bicyclic) bond motifs is 1. The quantitative estimate of drug-likeness (QED) is 0.512. The Hall–Kier alpha value is -3.10. The highest BCUT2D eigenvalue weighted by molar-refractivity contribution is 7.89. The Morgan fingerprint density at radius 3 is 2.52 bits per heavy atom. The first-order valence-electron chi connectivity index (χ1n) is 11.0. The topological polar surface area (TPSA) is 84.9 Å². The molecule has 4 rings (SSSR count). The highest BCUT2D eigenvalue weighted by Gasteiger charge is 2.33. The molecular formula is C25H28N2O5S. The Morgan fingerprint density at radius 1 is 1.03 bits per heavy atom. The number of piperidine rings is 1. The Morgan fingerprint density at radius 2 is 1.76 bits per heavy atom. The summed E-state index contributed by atoms with van der Waals surface area (Å²) in [5.41, 5.74) is 0. The first-order valence-corrected chi connectivity index (χ1v) is 12.4. The van der Waals surface area contributed by atoms with E-state index < -0.39 is 10.0 Å². The van der Waals surface area contributed by atoms with Gasteiger partial charge in [0.2, 0.25) is 15.9 Å². The van der Waals surface area contributed by atoms with Crippen molar-refractivity contribution in [2.24, 2.45) is 5.92 Å². The van der Waals surface area contributed by atoms with Crippen LogP contribution in [0.2, 0.25) is 0 Å². The van der Waals surface area contributed by atoms with Gasteiger partial charge < -0.3 is 14.8 Å². The number of hydrogen-bond acceptors (Lipinski definition) is 5. The van der Waals surface area contributed by atoms with Crippen LogP contribution in [-0.4, -0.2) is 52.0 Å². The van der Waals surface area contributed by atoms with E-state index in [4.69, 9.17) is 9.47 Å². The first-order chi connectivity index (χ1) is 16.0. The number of sulfonamides is 1. The molecule has 1 aliphatic heterocycles. The van der Waals surface area contributed by atoms with Crippen LogP contribution in [-0.2, 0) is 14.8 Å². The lowest BCUT2D eigenvalue weighted by Crippen LogP contribution is -2.45. The maximum atomic E-state index is 13.0. The minimum absolute atomic E-state index is 0.147. The third-order valence-electron chi connectivity index (χ3n) is 5.84. The lowest BCUT2D eigenvalue weighted by atomic mass is 9.99. The Labute approximate surface area is 194 Å². The lowest BCUT2D eigenvalue weighted by Gasteiger charge is -2.31. The predicted octanol–water partition coefficient (Wildman–Crippen LogP) is 3.44. The standard InChI is InChI=1S/C25H28N2O5S/c1-31-22-10-12-24(13-11-22)33(29,30)27-15-4-7-21(18-27)25(28)26-14-16-32-23-9-8-19-5-2-3-6-20(19)17-23/h2-3,5-6,8-13,17,21H,4,7,14-16,18H2,1H3,(H,26,28)/t21-/m0/s1. The molecule has 1 N–H and O–H groups in total. The minimum Gasteiger partial charge on any atom is -0.497 e. The van der Waals surface area contributed by atoms with Crippen LogP contribution in [0, 0.1) is 5.92 Å². The number of benzene rings is 3. The monoisotopic (exact) mass is 468 g/mol. The molecule has 0 saturated carbocycles. The molecule has 0 spiro atoms. The van der Waals surface area contributed by atoms with E-state index in [1.54, 1.807) is 12.1 Å². The van der Waals surface area contributed by atoms with E-state index in [0.29, 0.717) is 38.3 Å². The fourth-order valence-corrected chi connectivity index (χ4v) is 5.54. The van der Waals surface area contributed by atoms with E-state index in [2.05, 4.69) is 5.32 Å². The zero-order valence-electron chi connectivity index (χ0n) is 18.6. The Kier molecular flexibility index (Phi) is 7.15. The van der Waals surface area contributed by atoms with Crippen molar-refractivity contribution < 1.29 is 22.7 Å². The largest absolute Gasteiger partial charge is 0.497 e. The first kappa shape index (κ1) is 23.1. The van der Waals surface area contributed by atoms with Crippen molar-refractivity contribution in [2.45, 2.75) is 17.7 Å². The van der Waals surface area contributed by atoms with Crippen molar-refractivity contribution in [1.82, 2.24) is 9.62 Å². The number of ether oxygens (including phenoxy) is 2. The highest BCUT2D eigenvalue weighted by atomic mass is 32.2. The molecule has 1 heterocycles. The zero-order chi connectivity index (χ0) is 23.3. The number of carbonyl (C=O) groups excluding carboxylic acids is 1. The summed E-state index contributed by atoms with van der Waals surface area (Å²) in [6.45, 7) is 1.27. The Bertz CT molecular complexity index is 1210. The van der Waals surface area contributed by atoms with E-state index in [0.717, 1.165) is 16.5 Å².